The number of carboxylic acid groups (broad SMARTS) is 1. The fourth-order valence-electron chi connectivity index (χ4n) is 2.18. The highest BCUT2D eigenvalue weighted by Gasteiger charge is 2.34. The van der Waals surface area contributed by atoms with E-state index in [1.54, 1.807) is 14.0 Å². The van der Waals surface area contributed by atoms with Crippen LogP contribution in [0.5, 0.6) is 11.5 Å². The van der Waals surface area contributed by atoms with Crippen LogP contribution in [0.3, 0.4) is 0 Å². The van der Waals surface area contributed by atoms with E-state index in [1.165, 1.54) is 0 Å². The molecule has 1 saturated carbocycles. The number of carboxylic acids is 1. The van der Waals surface area contributed by atoms with Crippen LogP contribution in [-0.4, -0.2) is 48.3 Å². The van der Waals surface area contributed by atoms with Gasteiger partial charge in [-0.25, -0.2) is 0 Å². The normalized spacial score (nSPS) is 15.9. The van der Waals surface area contributed by atoms with Crippen molar-refractivity contribution in [2.45, 2.75) is 31.8 Å². The minimum atomic E-state index is -0.777. The molecule has 20 heavy (non-hydrogen) atoms. The van der Waals surface area contributed by atoms with Crippen molar-refractivity contribution in [2.75, 3.05) is 20.3 Å². The van der Waals surface area contributed by atoms with Gasteiger partial charge in [-0.05, 0) is 44.0 Å². The first kappa shape index (κ1) is 14.7. The number of aliphatic carboxylic acids is 1. The van der Waals surface area contributed by atoms with E-state index in [1.807, 2.05) is 29.2 Å². The average Bonchev–Trinajstić information content (AvgIpc) is 3.28. The van der Waals surface area contributed by atoms with Crippen LogP contribution in [0.15, 0.2) is 24.3 Å². The Morgan fingerprint density at radius 3 is 2.45 bits per heavy atom. The molecule has 1 aliphatic carbocycles. The molecule has 1 fully saturated rings. The topological polar surface area (TPSA) is 59.0 Å². The Morgan fingerprint density at radius 1 is 1.35 bits per heavy atom. The van der Waals surface area contributed by atoms with Crippen LogP contribution < -0.4 is 9.47 Å². The molecule has 0 aliphatic heterocycles. The second-order valence-corrected chi connectivity index (χ2v) is 5.01. The van der Waals surface area contributed by atoms with Gasteiger partial charge >= 0.3 is 5.97 Å². The van der Waals surface area contributed by atoms with Crippen LogP contribution in [-0.2, 0) is 4.79 Å². The van der Waals surface area contributed by atoms with Gasteiger partial charge in [0.1, 0.15) is 24.1 Å². The molecule has 5 heteroatoms. The summed E-state index contributed by atoms with van der Waals surface area (Å²) >= 11 is 0. The SMILES string of the molecule is COc1ccc(OCCN(C2CC2)C(C)C(=O)O)cc1. The molecule has 0 saturated heterocycles. The summed E-state index contributed by atoms with van der Waals surface area (Å²) in [5.74, 6) is 0.780. The minimum Gasteiger partial charge on any atom is -0.497 e. The summed E-state index contributed by atoms with van der Waals surface area (Å²) in [6.07, 6.45) is 2.17. The molecule has 2 rings (SSSR count). The highest BCUT2D eigenvalue weighted by Crippen LogP contribution is 2.28. The molecule has 0 spiro atoms. The van der Waals surface area contributed by atoms with Crippen molar-refractivity contribution in [1.29, 1.82) is 0 Å². The molecule has 0 bridgehead atoms. The van der Waals surface area contributed by atoms with E-state index >= 15 is 0 Å². The Labute approximate surface area is 119 Å². The Balaban J connectivity index is 1.82. The lowest BCUT2D eigenvalue weighted by Crippen LogP contribution is -2.42. The number of methoxy groups -OCH3 is 1. The van der Waals surface area contributed by atoms with Gasteiger partial charge in [0, 0.05) is 12.6 Å². The summed E-state index contributed by atoms with van der Waals surface area (Å²) in [4.78, 5) is 13.1. The molecule has 0 amide bonds. The fourth-order valence-corrected chi connectivity index (χ4v) is 2.18. The number of hydrogen-bond donors (Lipinski definition) is 1. The highest BCUT2D eigenvalue weighted by atomic mass is 16.5. The Kier molecular flexibility index (Phi) is 4.84. The lowest BCUT2D eigenvalue weighted by Gasteiger charge is -2.25. The largest absolute Gasteiger partial charge is 0.497 e. The quantitative estimate of drug-likeness (QED) is 0.789. The summed E-state index contributed by atoms with van der Waals surface area (Å²) < 4.78 is 10.7. The van der Waals surface area contributed by atoms with Crippen molar-refractivity contribution >= 4 is 5.97 Å². The van der Waals surface area contributed by atoms with Crippen LogP contribution >= 0.6 is 0 Å². The van der Waals surface area contributed by atoms with Crippen molar-refractivity contribution in [3.05, 3.63) is 24.3 Å². The standard InChI is InChI=1S/C15H21NO4/c1-11(15(17)18)16(12-3-4-12)9-10-20-14-7-5-13(19-2)6-8-14/h5-8,11-12H,3-4,9-10H2,1-2H3,(H,17,18). The van der Waals surface area contributed by atoms with E-state index in [-0.39, 0.29) is 0 Å². The summed E-state index contributed by atoms with van der Waals surface area (Å²) in [5, 5.41) is 9.11. The molecule has 1 atom stereocenters. The number of hydrogen-bond acceptors (Lipinski definition) is 4. The van der Waals surface area contributed by atoms with Gasteiger partial charge in [0.25, 0.3) is 0 Å². The van der Waals surface area contributed by atoms with Crippen LogP contribution in [0.4, 0.5) is 0 Å². The smallest absolute Gasteiger partial charge is 0.320 e. The van der Waals surface area contributed by atoms with Gasteiger partial charge in [0.2, 0.25) is 0 Å². The lowest BCUT2D eigenvalue weighted by atomic mass is 10.2. The first-order chi connectivity index (χ1) is 9.61. The molecule has 1 aromatic rings. The van der Waals surface area contributed by atoms with E-state index < -0.39 is 12.0 Å². The molecule has 0 heterocycles. The molecule has 0 aromatic heterocycles. The van der Waals surface area contributed by atoms with E-state index in [4.69, 9.17) is 14.6 Å². The molecule has 1 unspecified atom stereocenters. The summed E-state index contributed by atoms with van der Waals surface area (Å²) in [6, 6.07) is 7.33. The number of benzene rings is 1. The number of rotatable bonds is 8. The van der Waals surface area contributed by atoms with E-state index in [9.17, 15) is 4.79 Å². The maximum atomic E-state index is 11.1. The molecule has 0 radical (unpaired) electrons. The van der Waals surface area contributed by atoms with Gasteiger partial charge in [-0.1, -0.05) is 0 Å². The highest BCUT2D eigenvalue weighted by molar-refractivity contribution is 5.73. The molecule has 1 N–H and O–H groups in total. The number of carbonyl (C=O) groups is 1. The minimum absolute atomic E-state index is 0.403. The van der Waals surface area contributed by atoms with Gasteiger partial charge in [-0.2, -0.15) is 0 Å². The van der Waals surface area contributed by atoms with Gasteiger partial charge in [-0.3, -0.25) is 9.69 Å². The molecular formula is C15H21NO4. The first-order valence-electron chi connectivity index (χ1n) is 6.87. The summed E-state index contributed by atoms with van der Waals surface area (Å²) in [7, 11) is 1.62. The summed E-state index contributed by atoms with van der Waals surface area (Å²) in [5.41, 5.74) is 0. The number of ether oxygens (including phenoxy) is 2. The van der Waals surface area contributed by atoms with E-state index in [2.05, 4.69) is 0 Å². The zero-order chi connectivity index (χ0) is 14.5. The van der Waals surface area contributed by atoms with Crippen molar-refractivity contribution < 1.29 is 19.4 Å². The van der Waals surface area contributed by atoms with Crippen LogP contribution in [0, 0.1) is 0 Å². The third-order valence-electron chi connectivity index (χ3n) is 3.55. The molecule has 1 aliphatic rings. The van der Waals surface area contributed by atoms with E-state index in [0.29, 0.717) is 19.2 Å². The first-order valence-corrected chi connectivity index (χ1v) is 6.87. The third kappa shape index (κ3) is 3.87. The molecular weight excluding hydrogens is 258 g/mol. The van der Waals surface area contributed by atoms with E-state index in [0.717, 1.165) is 24.3 Å². The molecule has 1 aromatic carbocycles. The predicted octanol–water partition coefficient (Wildman–Crippen LogP) is 2.01. The second kappa shape index (κ2) is 6.61. The number of nitrogens with zero attached hydrogens (tertiary/aromatic N) is 1. The monoisotopic (exact) mass is 279 g/mol. The Bertz CT molecular complexity index is 442. The van der Waals surface area contributed by atoms with Crippen LogP contribution in [0.25, 0.3) is 0 Å². The van der Waals surface area contributed by atoms with Crippen molar-refractivity contribution in [2.24, 2.45) is 0 Å². The maximum absolute atomic E-state index is 11.1. The predicted molar refractivity (Wildman–Crippen MR) is 75.3 cm³/mol. The van der Waals surface area contributed by atoms with Crippen LogP contribution in [0.1, 0.15) is 19.8 Å². The van der Waals surface area contributed by atoms with Crippen molar-refractivity contribution in [1.82, 2.24) is 4.90 Å². The van der Waals surface area contributed by atoms with Crippen molar-refractivity contribution in [3.63, 3.8) is 0 Å². The van der Waals surface area contributed by atoms with Gasteiger partial charge < -0.3 is 14.6 Å². The maximum Gasteiger partial charge on any atom is 0.320 e. The fraction of sp³-hybridized carbons (Fsp3) is 0.533. The molecule has 110 valence electrons. The van der Waals surface area contributed by atoms with Crippen LogP contribution in [0.2, 0.25) is 0 Å². The lowest BCUT2D eigenvalue weighted by molar-refractivity contribution is -0.143. The Hall–Kier alpha value is -1.75. The van der Waals surface area contributed by atoms with Crippen molar-refractivity contribution in [3.8, 4) is 11.5 Å². The van der Waals surface area contributed by atoms with Gasteiger partial charge in [0.15, 0.2) is 0 Å². The molecule has 5 nitrogen and oxygen atoms in total. The van der Waals surface area contributed by atoms with Gasteiger partial charge in [-0.15, -0.1) is 0 Å². The Morgan fingerprint density at radius 2 is 1.95 bits per heavy atom. The van der Waals surface area contributed by atoms with Gasteiger partial charge in [0.05, 0.1) is 7.11 Å². The zero-order valence-electron chi connectivity index (χ0n) is 11.9. The second-order valence-electron chi connectivity index (χ2n) is 5.01. The zero-order valence-corrected chi connectivity index (χ0v) is 11.9. The average molecular weight is 279 g/mol. The third-order valence-corrected chi connectivity index (χ3v) is 3.55. The summed E-state index contributed by atoms with van der Waals surface area (Å²) in [6.45, 7) is 2.85.